The molecule has 0 atom stereocenters. The van der Waals surface area contributed by atoms with Crippen molar-refractivity contribution >= 4 is 29.6 Å². The van der Waals surface area contributed by atoms with Crippen LogP contribution in [0.3, 0.4) is 0 Å². The molecule has 0 aliphatic carbocycles. The standard InChI is InChI=1S/C19H18N2O4/c1-4-13-7-5-6-8-16(13)21-18(23)15(17(22)20-19(21)24)10-14-9-11(2)25-12(14)3/h5-10H,4H2,1-3H3,(H,20,22,24)/b15-10+. The van der Waals surface area contributed by atoms with E-state index in [4.69, 9.17) is 4.42 Å². The lowest BCUT2D eigenvalue weighted by Gasteiger charge is -2.27. The molecule has 4 amide bonds. The number of carbonyl (C=O) groups excluding carboxylic acids is 3. The number of anilines is 1. The highest BCUT2D eigenvalue weighted by Crippen LogP contribution is 2.26. The molecule has 6 nitrogen and oxygen atoms in total. The van der Waals surface area contributed by atoms with E-state index < -0.39 is 17.8 Å². The number of benzene rings is 1. The fourth-order valence-corrected chi connectivity index (χ4v) is 2.85. The van der Waals surface area contributed by atoms with Gasteiger partial charge in [0.1, 0.15) is 17.1 Å². The maximum Gasteiger partial charge on any atom is 0.335 e. The number of rotatable bonds is 3. The lowest BCUT2D eigenvalue weighted by Crippen LogP contribution is -2.54. The third-order valence-corrected chi connectivity index (χ3v) is 4.09. The molecule has 0 unspecified atom stereocenters. The Hall–Kier alpha value is -3.15. The molecule has 2 aromatic rings. The smallest absolute Gasteiger partial charge is 0.335 e. The van der Waals surface area contributed by atoms with Crippen LogP contribution >= 0.6 is 0 Å². The van der Waals surface area contributed by atoms with Crippen LogP contribution in [0, 0.1) is 13.8 Å². The molecule has 1 aliphatic heterocycles. The highest BCUT2D eigenvalue weighted by atomic mass is 16.3. The van der Waals surface area contributed by atoms with Gasteiger partial charge in [0.15, 0.2) is 0 Å². The minimum Gasteiger partial charge on any atom is -0.466 e. The van der Waals surface area contributed by atoms with Crippen LogP contribution in [0.4, 0.5) is 10.5 Å². The van der Waals surface area contributed by atoms with E-state index in [0.717, 1.165) is 10.5 Å². The van der Waals surface area contributed by atoms with Crippen molar-refractivity contribution < 1.29 is 18.8 Å². The Labute approximate surface area is 145 Å². The number of carbonyl (C=O) groups is 3. The molecule has 2 heterocycles. The van der Waals surface area contributed by atoms with Crippen LogP contribution in [0.15, 0.2) is 40.3 Å². The van der Waals surface area contributed by atoms with Gasteiger partial charge in [0.2, 0.25) is 0 Å². The van der Waals surface area contributed by atoms with Gasteiger partial charge in [-0.1, -0.05) is 25.1 Å². The van der Waals surface area contributed by atoms with Gasteiger partial charge in [-0.3, -0.25) is 14.9 Å². The van der Waals surface area contributed by atoms with Gasteiger partial charge in [-0.2, -0.15) is 0 Å². The molecule has 1 N–H and O–H groups in total. The van der Waals surface area contributed by atoms with Crippen molar-refractivity contribution in [1.29, 1.82) is 0 Å². The Balaban J connectivity index is 2.07. The normalized spacial score (nSPS) is 16.5. The Morgan fingerprint density at radius 3 is 2.52 bits per heavy atom. The van der Waals surface area contributed by atoms with E-state index in [1.165, 1.54) is 6.08 Å². The Morgan fingerprint density at radius 1 is 1.16 bits per heavy atom. The van der Waals surface area contributed by atoms with Crippen LogP contribution in [0.5, 0.6) is 0 Å². The predicted molar refractivity (Wildman–Crippen MR) is 93.0 cm³/mol. The molecule has 25 heavy (non-hydrogen) atoms. The highest BCUT2D eigenvalue weighted by Gasteiger charge is 2.37. The molecule has 1 fully saturated rings. The first-order chi connectivity index (χ1) is 11.9. The zero-order valence-corrected chi connectivity index (χ0v) is 14.3. The van der Waals surface area contributed by atoms with Crippen molar-refractivity contribution in [1.82, 2.24) is 5.32 Å². The van der Waals surface area contributed by atoms with Crippen molar-refractivity contribution in [3.63, 3.8) is 0 Å². The first-order valence-corrected chi connectivity index (χ1v) is 7.98. The van der Waals surface area contributed by atoms with Crippen molar-refractivity contribution in [3.8, 4) is 0 Å². The van der Waals surface area contributed by atoms with Crippen LogP contribution in [0.2, 0.25) is 0 Å². The average molecular weight is 338 g/mol. The van der Waals surface area contributed by atoms with E-state index in [9.17, 15) is 14.4 Å². The summed E-state index contributed by atoms with van der Waals surface area (Å²) in [6.45, 7) is 5.47. The van der Waals surface area contributed by atoms with E-state index in [1.54, 1.807) is 32.0 Å². The number of urea groups is 1. The number of nitrogens with one attached hydrogen (secondary N) is 1. The fraction of sp³-hybridized carbons (Fsp3) is 0.211. The summed E-state index contributed by atoms with van der Waals surface area (Å²) in [5.74, 6) is -0.0772. The summed E-state index contributed by atoms with van der Waals surface area (Å²) in [6, 6.07) is 8.13. The Bertz CT molecular complexity index is 908. The van der Waals surface area contributed by atoms with Crippen LogP contribution < -0.4 is 10.2 Å². The molecule has 1 aromatic heterocycles. The molecule has 0 spiro atoms. The van der Waals surface area contributed by atoms with Gasteiger partial charge in [0.25, 0.3) is 11.8 Å². The third-order valence-electron chi connectivity index (χ3n) is 4.09. The minimum atomic E-state index is -0.742. The van der Waals surface area contributed by atoms with Crippen molar-refractivity contribution in [2.24, 2.45) is 0 Å². The lowest BCUT2D eigenvalue weighted by molar-refractivity contribution is -0.122. The number of barbiturate groups is 1. The summed E-state index contributed by atoms with van der Waals surface area (Å²) in [7, 11) is 0. The minimum absolute atomic E-state index is 0.102. The molecule has 6 heteroatoms. The largest absolute Gasteiger partial charge is 0.466 e. The fourth-order valence-electron chi connectivity index (χ4n) is 2.85. The Kier molecular flexibility index (Phi) is 4.27. The zero-order chi connectivity index (χ0) is 18.1. The van der Waals surface area contributed by atoms with Crippen molar-refractivity contribution in [3.05, 3.63) is 58.6 Å². The number of furan rings is 1. The van der Waals surface area contributed by atoms with Crippen molar-refractivity contribution in [2.45, 2.75) is 27.2 Å². The third kappa shape index (κ3) is 2.98. The monoisotopic (exact) mass is 338 g/mol. The first kappa shape index (κ1) is 16.7. The van der Waals surface area contributed by atoms with Gasteiger partial charge in [-0.05, 0) is 44.0 Å². The molecule has 0 saturated carbocycles. The van der Waals surface area contributed by atoms with Gasteiger partial charge in [0, 0.05) is 5.56 Å². The second-order valence-corrected chi connectivity index (χ2v) is 5.81. The summed E-state index contributed by atoms with van der Waals surface area (Å²) in [5.41, 5.74) is 1.85. The SMILES string of the molecule is CCc1ccccc1N1C(=O)NC(=O)/C(=C\c2cc(C)oc2C)C1=O. The summed E-state index contributed by atoms with van der Waals surface area (Å²) in [4.78, 5) is 38.4. The molecule has 0 bridgehead atoms. The quantitative estimate of drug-likeness (QED) is 0.689. The number of hydrogen-bond donors (Lipinski definition) is 1. The van der Waals surface area contributed by atoms with Crippen LogP contribution in [-0.2, 0) is 16.0 Å². The van der Waals surface area contributed by atoms with E-state index in [0.29, 0.717) is 29.2 Å². The number of amides is 4. The summed E-state index contributed by atoms with van der Waals surface area (Å²) >= 11 is 0. The van der Waals surface area contributed by atoms with E-state index >= 15 is 0 Å². The second-order valence-electron chi connectivity index (χ2n) is 5.81. The van der Waals surface area contributed by atoms with Crippen LogP contribution in [0.25, 0.3) is 6.08 Å². The Morgan fingerprint density at radius 2 is 1.88 bits per heavy atom. The molecule has 1 saturated heterocycles. The molecular formula is C19H18N2O4. The number of nitrogens with zero attached hydrogens (tertiary/aromatic N) is 1. The molecule has 1 aliphatic rings. The van der Waals surface area contributed by atoms with Crippen LogP contribution in [0.1, 0.15) is 29.6 Å². The maximum absolute atomic E-state index is 12.9. The summed E-state index contributed by atoms with van der Waals surface area (Å²) < 4.78 is 5.43. The number of aryl methyl sites for hydroxylation is 3. The van der Waals surface area contributed by atoms with Gasteiger partial charge in [0.05, 0.1) is 5.69 Å². The average Bonchev–Trinajstić information content (AvgIpc) is 2.89. The lowest BCUT2D eigenvalue weighted by atomic mass is 10.0. The molecule has 1 aromatic carbocycles. The second kappa shape index (κ2) is 6.39. The van der Waals surface area contributed by atoms with E-state index in [-0.39, 0.29) is 5.57 Å². The van der Waals surface area contributed by atoms with Crippen LogP contribution in [-0.4, -0.2) is 17.8 Å². The summed E-state index contributed by atoms with van der Waals surface area (Å²) in [6.07, 6.45) is 2.11. The maximum atomic E-state index is 12.9. The predicted octanol–water partition coefficient (Wildman–Crippen LogP) is 3.13. The molecule has 128 valence electrons. The first-order valence-electron chi connectivity index (χ1n) is 7.98. The summed E-state index contributed by atoms with van der Waals surface area (Å²) in [5, 5.41) is 2.23. The highest BCUT2D eigenvalue weighted by molar-refractivity contribution is 6.39. The zero-order valence-electron chi connectivity index (χ0n) is 14.3. The number of imide groups is 2. The molecule has 0 radical (unpaired) electrons. The van der Waals surface area contributed by atoms with Gasteiger partial charge >= 0.3 is 6.03 Å². The van der Waals surface area contributed by atoms with Gasteiger partial charge in [-0.25, -0.2) is 9.69 Å². The van der Waals surface area contributed by atoms with Gasteiger partial charge in [-0.15, -0.1) is 0 Å². The van der Waals surface area contributed by atoms with Gasteiger partial charge < -0.3 is 4.42 Å². The molecular weight excluding hydrogens is 320 g/mol. The number of para-hydroxylation sites is 1. The van der Waals surface area contributed by atoms with E-state index in [2.05, 4.69) is 5.32 Å². The molecule has 3 rings (SSSR count). The topological polar surface area (TPSA) is 79.6 Å². The number of hydrogen-bond acceptors (Lipinski definition) is 4. The van der Waals surface area contributed by atoms with Crippen molar-refractivity contribution in [2.75, 3.05) is 4.90 Å². The van der Waals surface area contributed by atoms with E-state index in [1.807, 2.05) is 19.1 Å².